The monoisotopic (exact) mass is 391 g/mol. The second-order valence-corrected chi connectivity index (χ2v) is 7.33. The number of benzene rings is 1. The van der Waals surface area contributed by atoms with Crippen LogP contribution in [0.2, 0.25) is 0 Å². The molecule has 3 rings (SSSR count). The number of hydrogen-bond donors (Lipinski definition) is 1. The third kappa shape index (κ3) is 3.78. The number of aliphatic carboxylic acids is 1. The molecule has 1 N–H and O–H groups in total. The zero-order valence-corrected chi connectivity index (χ0v) is 15.4. The van der Waals surface area contributed by atoms with Gasteiger partial charge in [-0.1, -0.05) is 28.1 Å². The van der Waals surface area contributed by atoms with Crippen LogP contribution in [0.5, 0.6) is 0 Å². The number of hydrogen-bond acceptors (Lipinski definition) is 3. The van der Waals surface area contributed by atoms with Crippen molar-refractivity contribution in [3.05, 3.63) is 45.4 Å². The van der Waals surface area contributed by atoms with Gasteiger partial charge in [0.05, 0.1) is 23.4 Å². The molecule has 0 aliphatic heterocycles. The third-order valence-corrected chi connectivity index (χ3v) is 5.31. The van der Waals surface area contributed by atoms with Crippen LogP contribution in [0.15, 0.2) is 39.3 Å². The fraction of sp³-hybridized carbons (Fsp3) is 0.474. The molecule has 2 aliphatic rings. The summed E-state index contributed by atoms with van der Waals surface area (Å²) in [6, 6.07) is 6.21. The third-order valence-electron chi connectivity index (χ3n) is 4.81. The Hall–Kier alpha value is -1.46. The molecule has 0 amide bonds. The van der Waals surface area contributed by atoms with Gasteiger partial charge in [-0.05, 0) is 56.2 Å². The van der Waals surface area contributed by atoms with Gasteiger partial charge >= 0.3 is 5.97 Å². The molecular formula is C19H22BrNO3. The Kier molecular flexibility index (Phi) is 5.51. The molecule has 1 fully saturated rings. The standard InChI is InChI=1S/C19H22BrNO3/c1-24-15-9-8-14(11-15)21-18-16(19(22)23)5-3-2-4-12-6-7-13(20)10-17(12)18/h5-7,10,14-15H,2-4,8-9,11H2,1H3,(H,22,23)/b16-5+,21-18?. The normalized spacial score (nSPS) is 27.9. The molecule has 0 spiro atoms. The Bertz CT molecular complexity index is 696. The highest BCUT2D eigenvalue weighted by Gasteiger charge is 2.27. The number of rotatable bonds is 3. The number of carbonyl (C=O) groups is 1. The predicted octanol–water partition coefficient (Wildman–Crippen LogP) is 4.15. The molecule has 0 aromatic heterocycles. The molecule has 5 heteroatoms. The van der Waals surface area contributed by atoms with E-state index in [1.54, 1.807) is 7.11 Å². The van der Waals surface area contributed by atoms with Crippen molar-refractivity contribution in [1.82, 2.24) is 0 Å². The van der Waals surface area contributed by atoms with Crippen molar-refractivity contribution in [2.45, 2.75) is 50.7 Å². The molecular weight excluding hydrogens is 370 g/mol. The minimum absolute atomic E-state index is 0.124. The van der Waals surface area contributed by atoms with Crippen molar-refractivity contribution >= 4 is 27.6 Å². The van der Waals surface area contributed by atoms with Gasteiger partial charge in [0.25, 0.3) is 0 Å². The van der Waals surface area contributed by atoms with Crippen LogP contribution in [-0.4, -0.2) is 36.0 Å². The van der Waals surface area contributed by atoms with Gasteiger partial charge in [-0.15, -0.1) is 0 Å². The van der Waals surface area contributed by atoms with E-state index in [1.807, 2.05) is 18.2 Å². The SMILES string of the molecule is COC1CCC(N=C2/C(C(=O)O)=C\CCCc3ccc(Br)cc32)C1. The molecule has 4 nitrogen and oxygen atoms in total. The number of ether oxygens (including phenoxy) is 1. The van der Waals surface area contributed by atoms with E-state index in [-0.39, 0.29) is 12.1 Å². The number of carboxylic acid groups (broad SMARTS) is 1. The minimum atomic E-state index is -0.900. The van der Waals surface area contributed by atoms with Gasteiger partial charge in [-0.25, -0.2) is 4.79 Å². The Morgan fingerprint density at radius 2 is 2.21 bits per heavy atom. The number of nitrogens with zero attached hydrogens (tertiary/aromatic N) is 1. The van der Waals surface area contributed by atoms with E-state index in [0.29, 0.717) is 11.3 Å². The average Bonchev–Trinajstić information content (AvgIpc) is 3.00. The molecule has 2 atom stereocenters. The second-order valence-electron chi connectivity index (χ2n) is 6.42. The highest BCUT2D eigenvalue weighted by molar-refractivity contribution is 9.10. The second kappa shape index (κ2) is 7.62. The van der Waals surface area contributed by atoms with E-state index in [0.717, 1.165) is 48.6 Å². The molecule has 1 aromatic carbocycles. The summed E-state index contributed by atoms with van der Waals surface area (Å²) in [5, 5.41) is 9.71. The molecule has 0 heterocycles. The molecule has 0 saturated heterocycles. The van der Waals surface area contributed by atoms with E-state index >= 15 is 0 Å². The Morgan fingerprint density at radius 3 is 2.92 bits per heavy atom. The van der Waals surface area contributed by atoms with Gasteiger partial charge in [0.15, 0.2) is 0 Å². The minimum Gasteiger partial charge on any atom is -0.478 e. The van der Waals surface area contributed by atoms with Crippen molar-refractivity contribution in [1.29, 1.82) is 0 Å². The number of aryl methyl sites for hydroxylation is 1. The van der Waals surface area contributed by atoms with Crippen molar-refractivity contribution in [2.24, 2.45) is 4.99 Å². The molecule has 128 valence electrons. The van der Waals surface area contributed by atoms with Crippen LogP contribution < -0.4 is 0 Å². The quantitative estimate of drug-likeness (QED) is 0.841. The summed E-state index contributed by atoms with van der Waals surface area (Å²) < 4.78 is 6.38. The number of fused-ring (bicyclic) bond motifs is 1. The van der Waals surface area contributed by atoms with E-state index in [9.17, 15) is 9.90 Å². The first-order chi connectivity index (χ1) is 11.6. The van der Waals surface area contributed by atoms with Crippen LogP contribution in [0.1, 0.15) is 43.2 Å². The van der Waals surface area contributed by atoms with Crippen molar-refractivity contribution in [3.63, 3.8) is 0 Å². The summed E-state index contributed by atoms with van der Waals surface area (Å²) in [6.45, 7) is 0. The fourth-order valence-corrected chi connectivity index (χ4v) is 3.89. The molecule has 24 heavy (non-hydrogen) atoms. The van der Waals surface area contributed by atoms with E-state index in [1.165, 1.54) is 5.56 Å². The first-order valence-corrected chi connectivity index (χ1v) is 9.21. The highest BCUT2D eigenvalue weighted by atomic mass is 79.9. The molecule has 0 bridgehead atoms. The summed E-state index contributed by atoms with van der Waals surface area (Å²) in [7, 11) is 1.73. The van der Waals surface area contributed by atoms with Gasteiger partial charge in [0, 0.05) is 17.1 Å². The Labute approximate surface area is 150 Å². The highest BCUT2D eigenvalue weighted by Crippen LogP contribution is 2.29. The molecule has 1 saturated carbocycles. The number of carboxylic acids is 1. The topological polar surface area (TPSA) is 58.9 Å². The van der Waals surface area contributed by atoms with Crippen LogP contribution >= 0.6 is 15.9 Å². The van der Waals surface area contributed by atoms with E-state index in [2.05, 4.69) is 22.0 Å². The van der Waals surface area contributed by atoms with Crippen LogP contribution in [0, 0.1) is 0 Å². The van der Waals surface area contributed by atoms with E-state index in [4.69, 9.17) is 9.73 Å². The van der Waals surface area contributed by atoms with E-state index < -0.39 is 5.97 Å². The number of aliphatic imine (C=N–C) groups is 1. The van der Waals surface area contributed by atoms with Gasteiger partial charge in [-0.3, -0.25) is 4.99 Å². The number of allylic oxidation sites excluding steroid dienone is 1. The Balaban J connectivity index is 2.07. The van der Waals surface area contributed by atoms with Crippen LogP contribution in [0.4, 0.5) is 0 Å². The fourth-order valence-electron chi connectivity index (χ4n) is 3.53. The zero-order chi connectivity index (χ0) is 17.1. The van der Waals surface area contributed by atoms with Crippen LogP contribution in [0.3, 0.4) is 0 Å². The molecule has 0 radical (unpaired) electrons. The lowest BCUT2D eigenvalue weighted by atomic mass is 9.90. The lowest BCUT2D eigenvalue weighted by molar-refractivity contribution is -0.132. The Morgan fingerprint density at radius 1 is 1.38 bits per heavy atom. The summed E-state index contributed by atoms with van der Waals surface area (Å²) in [5.41, 5.74) is 3.07. The maximum absolute atomic E-state index is 11.8. The zero-order valence-electron chi connectivity index (χ0n) is 13.8. The number of methoxy groups -OCH3 is 1. The first kappa shape index (κ1) is 17.4. The maximum atomic E-state index is 11.8. The summed E-state index contributed by atoms with van der Waals surface area (Å²) in [4.78, 5) is 16.7. The summed E-state index contributed by atoms with van der Waals surface area (Å²) >= 11 is 3.51. The van der Waals surface area contributed by atoms with Crippen LogP contribution in [0.25, 0.3) is 0 Å². The lowest BCUT2D eigenvalue weighted by Gasteiger charge is -2.18. The van der Waals surface area contributed by atoms with Gasteiger partial charge < -0.3 is 9.84 Å². The van der Waals surface area contributed by atoms with Crippen molar-refractivity contribution in [2.75, 3.05) is 7.11 Å². The van der Waals surface area contributed by atoms with Crippen molar-refractivity contribution in [3.8, 4) is 0 Å². The first-order valence-electron chi connectivity index (χ1n) is 8.41. The summed E-state index contributed by atoms with van der Waals surface area (Å²) in [5.74, 6) is -0.900. The van der Waals surface area contributed by atoms with Crippen LogP contribution in [-0.2, 0) is 16.0 Å². The maximum Gasteiger partial charge on any atom is 0.337 e. The van der Waals surface area contributed by atoms with Crippen molar-refractivity contribution < 1.29 is 14.6 Å². The largest absolute Gasteiger partial charge is 0.478 e. The molecule has 2 aliphatic carbocycles. The van der Waals surface area contributed by atoms with Gasteiger partial charge in [0.1, 0.15) is 0 Å². The van der Waals surface area contributed by atoms with Gasteiger partial charge in [-0.2, -0.15) is 0 Å². The lowest BCUT2D eigenvalue weighted by Crippen LogP contribution is -2.20. The molecule has 2 unspecified atom stereocenters. The number of halogens is 1. The van der Waals surface area contributed by atoms with Gasteiger partial charge in [0.2, 0.25) is 0 Å². The molecule has 1 aromatic rings. The average molecular weight is 392 g/mol. The smallest absolute Gasteiger partial charge is 0.337 e. The summed E-state index contributed by atoms with van der Waals surface area (Å²) in [6.07, 6.45) is 7.50. The predicted molar refractivity (Wildman–Crippen MR) is 97.8 cm³/mol.